The van der Waals surface area contributed by atoms with Gasteiger partial charge in [-0.05, 0) is 19.1 Å². The van der Waals surface area contributed by atoms with Crippen molar-refractivity contribution in [2.24, 2.45) is 0 Å². The van der Waals surface area contributed by atoms with Crippen molar-refractivity contribution in [1.82, 2.24) is 4.90 Å². The predicted molar refractivity (Wildman–Crippen MR) is 58.8 cm³/mol. The summed E-state index contributed by atoms with van der Waals surface area (Å²) >= 11 is 0. The number of aryl methyl sites for hydroxylation is 1. The Morgan fingerprint density at radius 2 is 2.20 bits per heavy atom. The number of hydrogen-bond acceptors (Lipinski definition) is 2. The normalized spacial score (nSPS) is 9.73. The first kappa shape index (κ1) is 11.4. The van der Waals surface area contributed by atoms with Crippen LogP contribution in [0.4, 0.5) is 0 Å². The fourth-order valence-electron chi connectivity index (χ4n) is 1.35. The van der Waals surface area contributed by atoms with Gasteiger partial charge in [0.2, 0.25) is 0 Å². The minimum Gasteiger partial charge on any atom is -0.341 e. The van der Waals surface area contributed by atoms with E-state index in [2.05, 4.69) is 0 Å². The van der Waals surface area contributed by atoms with Gasteiger partial charge in [0.1, 0.15) is 6.29 Å². The Morgan fingerprint density at radius 1 is 1.47 bits per heavy atom. The first-order valence-electron chi connectivity index (χ1n) is 4.91. The van der Waals surface area contributed by atoms with E-state index in [9.17, 15) is 9.59 Å². The number of benzene rings is 1. The van der Waals surface area contributed by atoms with Crippen molar-refractivity contribution in [2.75, 3.05) is 13.6 Å². The number of carbonyl (C=O) groups excluding carboxylic acids is 2. The second-order valence-corrected chi connectivity index (χ2v) is 3.55. The zero-order valence-corrected chi connectivity index (χ0v) is 9.06. The minimum absolute atomic E-state index is 0.0412. The van der Waals surface area contributed by atoms with Gasteiger partial charge < -0.3 is 9.69 Å². The van der Waals surface area contributed by atoms with Crippen molar-refractivity contribution < 1.29 is 9.59 Å². The molecule has 0 saturated heterocycles. The van der Waals surface area contributed by atoms with Gasteiger partial charge in [-0.3, -0.25) is 4.79 Å². The van der Waals surface area contributed by atoms with Crippen molar-refractivity contribution in [1.29, 1.82) is 0 Å². The fraction of sp³-hybridized carbons (Fsp3) is 0.333. The summed E-state index contributed by atoms with van der Waals surface area (Å²) in [5, 5.41) is 0. The highest BCUT2D eigenvalue weighted by Gasteiger charge is 2.10. The number of rotatable bonds is 4. The Balaban J connectivity index is 2.71. The number of amides is 1. The molecule has 0 radical (unpaired) electrons. The number of nitrogens with zero attached hydrogens (tertiary/aromatic N) is 1. The molecule has 3 heteroatoms. The van der Waals surface area contributed by atoms with Crippen LogP contribution in [-0.2, 0) is 4.79 Å². The highest BCUT2D eigenvalue weighted by molar-refractivity contribution is 5.94. The van der Waals surface area contributed by atoms with Crippen LogP contribution in [-0.4, -0.2) is 30.7 Å². The van der Waals surface area contributed by atoms with Crippen molar-refractivity contribution in [3.05, 3.63) is 35.4 Å². The lowest BCUT2D eigenvalue weighted by Crippen LogP contribution is -2.27. The van der Waals surface area contributed by atoms with Gasteiger partial charge in [-0.25, -0.2) is 0 Å². The lowest BCUT2D eigenvalue weighted by Gasteiger charge is -2.15. The van der Waals surface area contributed by atoms with Crippen molar-refractivity contribution >= 4 is 12.2 Å². The second-order valence-electron chi connectivity index (χ2n) is 3.55. The van der Waals surface area contributed by atoms with Gasteiger partial charge in [0.05, 0.1) is 0 Å². The zero-order valence-electron chi connectivity index (χ0n) is 9.06. The van der Waals surface area contributed by atoms with Gasteiger partial charge in [0.25, 0.3) is 5.91 Å². The molecule has 3 nitrogen and oxygen atoms in total. The number of aldehydes is 1. The average Bonchev–Trinajstić information content (AvgIpc) is 2.24. The topological polar surface area (TPSA) is 37.4 Å². The summed E-state index contributed by atoms with van der Waals surface area (Å²) < 4.78 is 0. The van der Waals surface area contributed by atoms with E-state index >= 15 is 0 Å². The molecule has 0 unspecified atom stereocenters. The first-order chi connectivity index (χ1) is 7.15. The molecule has 0 saturated carbocycles. The van der Waals surface area contributed by atoms with Gasteiger partial charge >= 0.3 is 0 Å². The monoisotopic (exact) mass is 205 g/mol. The Labute approximate surface area is 89.7 Å². The van der Waals surface area contributed by atoms with Gasteiger partial charge in [0, 0.05) is 25.6 Å². The van der Waals surface area contributed by atoms with Gasteiger partial charge in [0.15, 0.2) is 0 Å². The molecule has 0 aliphatic heterocycles. The molecule has 1 amide bonds. The molecule has 0 aliphatic carbocycles. The fourth-order valence-corrected chi connectivity index (χ4v) is 1.35. The predicted octanol–water partition coefficient (Wildman–Crippen LogP) is 1.66. The van der Waals surface area contributed by atoms with Gasteiger partial charge in [-0.1, -0.05) is 17.7 Å². The quantitative estimate of drug-likeness (QED) is 0.701. The summed E-state index contributed by atoms with van der Waals surface area (Å²) in [4.78, 5) is 23.6. The second kappa shape index (κ2) is 5.29. The molecule has 1 aromatic carbocycles. The molecule has 0 heterocycles. The SMILES string of the molecule is Cc1cccc(C(=O)N(C)CCC=O)c1. The lowest BCUT2D eigenvalue weighted by atomic mass is 10.1. The van der Waals surface area contributed by atoms with Crippen LogP contribution in [0.5, 0.6) is 0 Å². The third-order valence-corrected chi connectivity index (χ3v) is 2.19. The van der Waals surface area contributed by atoms with Crippen LogP contribution in [0, 0.1) is 6.92 Å². The highest BCUT2D eigenvalue weighted by Crippen LogP contribution is 2.06. The van der Waals surface area contributed by atoms with E-state index in [1.54, 1.807) is 18.0 Å². The Hall–Kier alpha value is -1.64. The Kier molecular flexibility index (Phi) is 4.03. The van der Waals surface area contributed by atoms with Crippen LogP contribution in [0.3, 0.4) is 0 Å². The van der Waals surface area contributed by atoms with Crippen molar-refractivity contribution in [2.45, 2.75) is 13.3 Å². The molecule has 0 aliphatic rings. The molecule has 15 heavy (non-hydrogen) atoms. The summed E-state index contributed by atoms with van der Waals surface area (Å²) in [6.07, 6.45) is 1.20. The molecule has 1 aromatic rings. The van der Waals surface area contributed by atoms with Gasteiger partial charge in [-0.15, -0.1) is 0 Å². The molecule has 0 atom stereocenters. The van der Waals surface area contributed by atoms with E-state index in [1.807, 2.05) is 25.1 Å². The smallest absolute Gasteiger partial charge is 0.253 e. The van der Waals surface area contributed by atoms with E-state index in [1.165, 1.54) is 0 Å². The Bertz CT molecular complexity index is 360. The number of hydrogen-bond donors (Lipinski definition) is 0. The van der Waals surface area contributed by atoms with E-state index in [0.29, 0.717) is 18.5 Å². The summed E-state index contributed by atoms with van der Waals surface area (Å²) in [6.45, 7) is 2.42. The van der Waals surface area contributed by atoms with Crippen LogP contribution in [0.1, 0.15) is 22.3 Å². The molecule has 0 N–H and O–H groups in total. The van der Waals surface area contributed by atoms with Crippen LogP contribution in [0.2, 0.25) is 0 Å². The molecule has 1 rings (SSSR count). The molecule has 0 fully saturated rings. The van der Waals surface area contributed by atoms with E-state index < -0.39 is 0 Å². The lowest BCUT2D eigenvalue weighted by molar-refractivity contribution is -0.108. The first-order valence-corrected chi connectivity index (χ1v) is 4.91. The largest absolute Gasteiger partial charge is 0.341 e. The summed E-state index contributed by atoms with van der Waals surface area (Å²) in [6, 6.07) is 7.44. The van der Waals surface area contributed by atoms with Crippen LogP contribution in [0.25, 0.3) is 0 Å². The number of carbonyl (C=O) groups is 2. The molecule has 0 aromatic heterocycles. The molecule has 0 spiro atoms. The van der Waals surface area contributed by atoms with Crippen LogP contribution < -0.4 is 0 Å². The maximum absolute atomic E-state index is 11.8. The summed E-state index contributed by atoms with van der Waals surface area (Å²) in [7, 11) is 1.70. The third-order valence-electron chi connectivity index (χ3n) is 2.19. The molecular weight excluding hydrogens is 190 g/mol. The van der Waals surface area contributed by atoms with Crippen molar-refractivity contribution in [3.8, 4) is 0 Å². The van der Waals surface area contributed by atoms with E-state index in [0.717, 1.165) is 11.8 Å². The van der Waals surface area contributed by atoms with Crippen LogP contribution in [0.15, 0.2) is 24.3 Å². The van der Waals surface area contributed by atoms with E-state index in [-0.39, 0.29) is 5.91 Å². The minimum atomic E-state index is -0.0412. The Morgan fingerprint density at radius 3 is 2.80 bits per heavy atom. The summed E-state index contributed by atoms with van der Waals surface area (Å²) in [5.41, 5.74) is 1.73. The van der Waals surface area contributed by atoms with E-state index in [4.69, 9.17) is 0 Å². The standard InChI is InChI=1S/C12H15NO2/c1-10-5-3-6-11(9-10)12(15)13(2)7-4-8-14/h3,5-6,8-9H,4,7H2,1-2H3. The highest BCUT2D eigenvalue weighted by atomic mass is 16.2. The maximum atomic E-state index is 11.8. The third kappa shape index (κ3) is 3.20. The molecular formula is C12H15NO2. The maximum Gasteiger partial charge on any atom is 0.253 e. The summed E-state index contributed by atoms with van der Waals surface area (Å²) in [5.74, 6) is -0.0412. The van der Waals surface area contributed by atoms with Crippen molar-refractivity contribution in [3.63, 3.8) is 0 Å². The average molecular weight is 205 g/mol. The van der Waals surface area contributed by atoms with Crippen LogP contribution >= 0.6 is 0 Å². The van der Waals surface area contributed by atoms with Gasteiger partial charge in [-0.2, -0.15) is 0 Å². The molecule has 80 valence electrons. The zero-order chi connectivity index (χ0) is 11.3. The molecule has 0 bridgehead atoms.